The van der Waals surface area contributed by atoms with Gasteiger partial charge in [-0.15, -0.1) is 0 Å². The molecule has 3 aromatic carbocycles. The highest BCUT2D eigenvalue weighted by Crippen LogP contribution is 2.35. The number of hydrogen-bond donors (Lipinski definition) is 1. The van der Waals surface area contributed by atoms with Crippen molar-refractivity contribution in [2.45, 2.75) is 13.1 Å². The van der Waals surface area contributed by atoms with E-state index in [-0.39, 0.29) is 12.5 Å². The van der Waals surface area contributed by atoms with Gasteiger partial charge in [0.1, 0.15) is 11.5 Å². The van der Waals surface area contributed by atoms with Gasteiger partial charge in [0.2, 0.25) is 5.91 Å². The minimum Gasteiger partial charge on any atom is -0.495 e. The lowest BCUT2D eigenvalue weighted by Crippen LogP contribution is -2.32. The van der Waals surface area contributed by atoms with Crippen LogP contribution in [-0.2, 0) is 17.9 Å². The summed E-state index contributed by atoms with van der Waals surface area (Å²) in [7, 11) is 3.07. The second-order valence-corrected chi connectivity index (χ2v) is 7.26. The Morgan fingerprint density at radius 3 is 1.90 bits per heavy atom. The number of amides is 1. The number of hydrogen-bond acceptors (Lipinski definition) is 4. The highest BCUT2D eigenvalue weighted by atomic mass is 35.5. The van der Waals surface area contributed by atoms with Crippen molar-refractivity contribution in [3.05, 3.63) is 88.9 Å². The molecule has 0 atom stereocenters. The van der Waals surface area contributed by atoms with Crippen LogP contribution in [0.3, 0.4) is 0 Å². The molecular weight excluding hydrogens is 400 g/mol. The number of nitrogens with zero attached hydrogens (tertiary/aromatic N) is 1. The van der Waals surface area contributed by atoms with Gasteiger partial charge in [-0.25, -0.2) is 0 Å². The van der Waals surface area contributed by atoms with Crippen LogP contribution in [0.1, 0.15) is 11.1 Å². The van der Waals surface area contributed by atoms with Gasteiger partial charge in [0.05, 0.1) is 31.5 Å². The molecule has 0 aliphatic heterocycles. The van der Waals surface area contributed by atoms with Gasteiger partial charge < -0.3 is 14.8 Å². The summed E-state index contributed by atoms with van der Waals surface area (Å²) < 4.78 is 10.6. The second-order valence-electron chi connectivity index (χ2n) is 6.85. The van der Waals surface area contributed by atoms with Crippen molar-refractivity contribution < 1.29 is 14.3 Å². The predicted molar refractivity (Wildman–Crippen MR) is 120 cm³/mol. The summed E-state index contributed by atoms with van der Waals surface area (Å²) in [6.07, 6.45) is 0. The Hall–Kier alpha value is -3.02. The Bertz CT molecular complexity index is 923. The van der Waals surface area contributed by atoms with Crippen LogP contribution in [0.15, 0.2) is 72.8 Å². The fourth-order valence-electron chi connectivity index (χ4n) is 3.20. The molecule has 0 spiro atoms. The molecule has 0 saturated heterocycles. The monoisotopic (exact) mass is 424 g/mol. The topological polar surface area (TPSA) is 50.8 Å². The van der Waals surface area contributed by atoms with Crippen LogP contribution >= 0.6 is 11.6 Å². The molecule has 3 aromatic rings. The van der Waals surface area contributed by atoms with Gasteiger partial charge in [0, 0.05) is 19.2 Å². The van der Waals surface area contributed by atoms with Crippen molar-refractivity contribution in [1.82, 2.24) is 4.90 Å². The van der Waals surface area contributed by atoms with E-state index in [1.807, 2.05) is 36.4 Å². The number of methoxy groups -OCH3 is 2. The average molecular weight is 425 g/mol. The van der Waals surface area contributed by atoms with E-state index in [1.54, 1.807) is 12.1 Å². The average Bonchev–Trinajstić information content (AvgIpc) is 2.75. The number of ether oxygens (including phenoxy) is 2. The fourth-order valence-corrected chi connectivity index (χ4v) is 3.44. The SMILES string of the molecule is COc1cc(OC)c(NC(=O)CN(Cc2ccccc2)Cc2ccccc2)cc1Cl. The standard InChI is InChI=1S/C24H25ClN2O3/c1-29-22-14-23(30-2)21(13-20(22)25)26-24(28)17-27(15-18-9-5-3-6-10-18)16-19-11-7-4-8-12-19/h3-14H,15-17H2,1-2H3,(H,26,28). The van der Waals surface area contributed by atoms with Crippen molar-refractivity contribution in [2.75, 3.05) is 26.1 Å². The van der Waals surface area contributed by atoms with E-state index in [2.05, 4.69) is 34.5 Å². The van der Waals surface area contributed by atoms with Crippen molar-refractivity contribution in [3.8, 4) is 11.5 Å². The number of halogens is 1. The number of nitrogens with one attached hydrogen (secondary N) is 1. The first-order valence-electron chi connectivity index (χ1n) is 9.60. The van der Waals surface area contributed by atoms with E-state index in [1.165, 1.54) is 14.2 Å². The van der Waals surface area contributed by atoms with Crippen LogP contribution in [0.2, 0.25) is 5.02 Å². The Morgan fingerprint density at radius 1 is 0.867 bits per heavy atom. The van der Waals surface area contributed by atoms with E-state index in [9.17, 15) is 4.79 Å². The normalized spacial score (nSPS) is 10.7. The molecule has 5 nitrogen and oxygen atoms in total. The summed E-state index contributed by atoms with van der Waals surface area (Å²) in [6, 6.07) is 23.5. The molecule has 1 N–H and O–H groups in total. The van der Waals surface area contributed by atoms with Gasteiger partial charge in [-0.1, -0.05) is 72.3 Å². The molecule has 0 heterocycles. The first-order chi connectivity index (χ1) is 14.6. The number of carbonyl (C=O) groups is 1. The molecule has 6 heteroatoms. The van der Waals surface area contributed by atoms with E-state index in [0.717, 1.165) is 11.1 Å². The van der Waals surface area contributed by atoms with Crippen molar-refractivity contribution >= 4 is 23.2 Å². The number of anilines is 1. The number of benzene rings is 3. The van der Waals surface area contributed by atoms with E-state index in [4.69, 9.17) is 21.1 Å². The Balaban J connectivity index is 1.75. The predicted octanol–water partition coefficient (Wildman–Crippen LogP) is 5.00. The third kappa shape index (κ3) is 5.99. The molecule has 30 heavy (non-hydrogen) atoms. The summed E-state index contributed by atoms with van der Waals surface area (Å²) in [5.41, 5.74) is 2.80. The first kappa shape index (κ1) is 21.7. The highest BCUT2D eigenvalue weighted by Gasteiger charge is 2.16. The van der Waals surface area contributed by atoms with E-state index < -0.39 is 0 Å². The van der Waals surface area contributed by atoms with Gasteiger partial charge in [-0.05, 0) is 17.2 Å². The first-order valence-corrected chi connectivity index (χ1v) is 9.98. The van der Waals surface area contributed by atoms with Crippen LogP contribution in [-0.4, -0.2) is 31.6 Å². The van der Waals surface area contributed by atoms with Gasteiger partial charge in [-0.2, -0.15) is 0 Å². The third-order valence-electron chi connectivity index (χ3n) is 4.61. The molecule has 0 saturated carbocycles. The van der Waals surface area contributed by atoms with Crippen LogP contribution in [0.4, 0.5) is 5.69 Å². The molecule has 1 amide bonds. The summed E-state index contributed by atoms with van der Waals surface area (Å²) in [5.74, 6) is 0.824. The van der Waals surface area contributed by atoms with Gasteiger partial charge in [0.25, 0.3) is 0 Å². The smallest absolute Gasteiger partial charge is 0.238 e. The zero-order chi connectivity index (χ0) is 21.3. The molecular formula is C24H25ClN2O3. The third-order valence-corrected chi connectivity index (χ3v) is 4.91. The Labute approximate surface area is 182 Å². The minimum atomic E-state index is -0.151. The molecule has 0 aliphatic carbocycles. The Morgan fingerprint density at radius 2 is 1.40 bits per heavy atom. The zero-order valence-corrected chi connectivity index (χ0v) is 17.9. The molecule has 0 aromatic heterocycles. The van der Waals surface area contributed by atoms with E-state index in [0.29, 0.717) is 35.3 Å². The van der Waals surface area contributed by atoms with Gasteiger partial charge >= 0.3 is 0 Å². The van der Waals surface area contributed by atoms with Crippen molar-refractivity contribution in [1.29, 1.82) is 0 Å². The van der Waals surface area contributed by atoms with Crippen molar-refractivity contribution in [3.63, 3.8) is 0 Å². The minimum absolute atomic E-state index is 0.151. The fraction of sp³-hybridized carbons (Fsp3) is 0.208. The summed E-state index contributed by atoms with van der Waals surface area (Å²) in [4.78, 5) is 14.9. The van der Waals surface area contributed by atoms with Crippen LogP contribution in [0, 0.1) is 0 Å². The largest absolute Gasteiger partial charge is 0.495 e. The van der Waals surface area contributed by atoms with Crippen molar-refractivity contribution in [2.24, 2.45) is 0 Å². The van der Waals surface area contributed by atoms with Crippen LogP contribution in [0.25, 0.3) is 0 Å². The molecule has 0 bridgehead atoms. The lowest BCUT2D eigenvalue weighted by atomic mass is 10.1. The molecule has 0 radical (unpaired) electrons. The summed E-state index contributed by atoms with van der Waals surface area (Å²) >= 11 is 6.22. The second kappa shape index (κ2) is 10.7. The maximum Gasteiger partial charge on any atom is 0.238 e. The lowest BCUT2D eigenvalue weighted by molar-refractivity contribution is -0.117. The molecule has 0 unspecified atom stereocenters. The molecule has 0 aliphatic rings. The highest BCUT2D eigenvalue weighted by molar-refractivity contribution is 6.32. The quantitative estimate of drug-likeness (QED) is 0.525. The zero-order valence-electron chi connectivity index (χ0n) is 17.1. The summed E-state index contributed by atoms with van der Waals surface area (Å²) in [5, 5.41) is 3.31. The molecule has 0 fully saturated rings. The molecule has 3 rings (SSSR count). The lowest BCUT2D eigenvalue weighted by Gasteiger charge is -2.22. The maximum absolute atomic E-state index is 12.9. The number of carbonyl (C=O) groups excluding carboxylic acids is 1. The molecule has 156 valence electrons. The number of rotatable bonds is 9. The maximum atomic E-state index is 12.9. The van der Waals surface area contributed by atoms with Crippen LogP contribution < -0.4 is 14.8 Å². The summed E-state index contributed by atoms with van der Waals surface area (Å²) in [6.45, 7) is 1.53. The Kier molecular flexibility index (Phi) is 7.71. The van der Waals surface area contributed by atoms with E-state index >= 15 is 0 Å². The van der Waals surface area contributed by atoms with Crippen LogP contribution in [0.5, 0.6) is 11.5 Å². The van der Waals surface area contributed by atoms with Gasteiger partial charge in [0.15, 0.2) is 0 Å². The van der Waals surface area contributed by atoms with Gasteiger partial charge in [-0.3, -0.25) is 9.69 Å².